The van der Waals surface area contributed by atoms with Gasteiger partial charge in [0.2, 0.25) is 0 Å². The molecule has 0 atom stereocenters. The minimum absolute atomic E-state index is 0.325. The number of carbonyl (C=O) groups excluding carboxylic acids is 2. The zero-order valence-electron chi connectivity index (χ0n) is 18.2. The highest BCUT2D eigenvalue weighted by atomic mass is 16.5. The van der Waals surface area contributed by atoms with Gasteiger partial charge in [0.1, 0.15) is 17.3 Å². The van der Waals surface area contributed by atoms with Crippen LogP contribution in [0.5, 0.6) is 5.75 Å². The smallest absolute Gasteiger partial charge is 0.338 e. The van der Waals surface area contributed by atoms with Crippen molar-refractivity contribution in [2.45, 2.75) is 6.92 Å². The summed E-state index contributed by atoms with van der Waals surface area (Å²) >= 11 is 0. The topological polar surface area (TPSA) is 90.1 Å². The Morgan fingerprint density at radius 1 is 1.00 bits per heavy atom. The molecule has 0 saturated carbocycles. The lowest BCUT2D eigenvalue weighted by Crippen LogP contribution is -2.18. The molecular formula is C26H22N2O5. The predicted molar refractivity (Wildman–Crippen MR) is 126 cm³/mol. The second-order valence-corrected chi connectivity index (χ2v) is 7.10. The summed E-state index contributed by atoms with van der Waals surface area (Å²) in [4.78, 5) is 24.4. The van der Waals surface area contributed by atoms with E-state index in [1.54, 1.807) is 49.4 Å². The number of hydrazone groups is 1. The van der Waals surface area contributed by atoms with Crippen LogP contribution in [-0.2, 0) is 4.74 Å². The second-order valence-electron chi connectivity index (χ2n) is 7.10. The third-order valence-corrected chi connectivity index (χ3v) is 4.98. The lowest BCUT2D eigenvalue weighted by atomic mass is 10.1. The fourth-order valence-corrected chi connectivity index (χ4v) is 3.34. The van der Waals surface area contributed by atoms with Gasteiger partial charge in [0.25, 0.3) is 5.91 Å². The van der Waals surface area contributed by atoms with Crippen molar-refractivity contribution in [3.63, 3.8) is 0 Å². The SMILES string of the molecule is CCOC(=O)c1ccc(-c2ccc(/C=N\NC(=O)c3cc4ccccc4cc3OC)o2)cc1. The maximum atomic E-state index is 12.6. The van der Waals surface area contributed by atoms with Crippen LogP contribution in [-0.4, -0.2) is 31.8 Å². The number of esters is 1. The molecule has 7 nitrogen and oxygen atoms in total. The molecule has 0 aliphatic rings. The number of nitrogens with one attached hydrogen (secondary N) is 1. The summed E-state index contributed by atoms with van der Waals surface area (Å²) in [6, 6.07) is 21.8. The Balaban J connectivity index is 1.44. The van der Waals surface area contributed by atoms with Crippen LogP contribution in [0.3, 0.4) is 0 Å². The molecule has 4 rings (SSSR count). The summed E-state index contributed by atoms with van der Waals surface area (Å²) in [5.41, 5.74) is 4.16. The van der Waals surface area contributed by atoms with Gasteiger partial charge < -0.3 is 13.9 Å². The minimum atomic E-state index is -0.393. The van der Waals surface area contributed by atoms with Gasteiger partial charge in [-0.25, -0.2) is 10.2 Å². The van der Waals surface area contributed by atoms with Crippen LogP contribution in [0.2, 0.25) is 0 Å². The summed E-state index contributed by atoms with van der Waals surface area (Å²) in [5.74, 6) is 0.776. The van der Waals surface area contributed by atoms with E-state index in [1.165, 1.54) is 13.3 Å². The van der Waals surface area contributed by atoms with Gasteiger partial charge in [0.15, 0.2) is 0 Å². The van der Waals surface area contributed by atoms with Crippen molar-refractivity contribution in [3.8, 4) is 17.1 Å². The molecule has 166 valence electrons. The van der Waals surface area contributed by atoms with Crippen molar-refractivity contribution in [3.05, 3.63) is 89.7 Å². The standard InChI is InChI=1S/C26H22N2O5/c1-3-32-26(30)18-10-8-17(9-11-18)23-13-12-21(33-23)16-27-28-25(29)22-14-19-6-4-5-7-20(19)15-24(22)31-2/h4-16H,3H2,1-2H3,(H,28,29)/b27-16-. The number of ether oxygens (including phenoxy) is 2. The minimum Gasteiger partial charge on any atom is -0.496 e. The molecule has 0 saturated heterocycles. The predicted octanol–water partition coefficient (Wildman–Crippen LogP) is 5.05. The van der Waals surface area contributed by atoms with Crippen LogP contribution in [0.1, 0.15) is 33.4 Å². The molecule has 0 fully saturated rings. The molecular weight excluding hydrogens is 420 g/mol. The van der Waals surface area contributed by atoms with Crippen LogP contribution >= 0.6 is 0 Å². The highest BCUT2D eigenvalue weighted by molar-refractivity contribution is 6.01. The van der Waals surface area contributed by atoms with E-state index in [9.17, 15) is 9.59 Å². The Morgan fingerprint density at radius 3 is 2.42 bits per heavy atom. The molecule has 0 unspecified atom stereocenters. The number of nitrogens with zero attached hydrogens (tertiary/aromatic N) is 1. The summed E-state index contributed by atoms with van der Waals surface area (Å²) in [6.07, 6.45) is 1.42. The fourth-order valence-electron chi connectivity index (χ4n) is 3.34. The summed E-state index contributed by atoms with van der Waals surface area (Å²) in [7, 11) is 1.52. The summed E-state index contributed by atoms with van der Waals surface area (Å²) in [5, 5.41) is 5.91. The Morgan fingerprint density at radius 2 is 1.73 bits per heavy atom. The highest BCUT2D eigenvalue weighted by Crippen LogP contribution is 2.26. The average Bonchev–Trinajstić information content (AvgIpc) is 3.32. The van der Waals surface area contributed by atoms with Gasteiger partial charge in [-0.05, 0) is 54.1 Å². The Hall–Kier alpha value is -4.39. The largest absolute Gasteiger partial charge is 0.496 e. The number of fused-ring (bicyclic) bond motifs is 1. The summed E-state index contributed by atoms with van der Waals surface area (Å²) < 4.78 is 16.1. The molecule has 33 heavy (non-hydrogen) atoms. The number of rotatable bonds is 7. The zero-order valence-corrected chi connectivity index (χ0v) is 18.2. The van der Waals surface area contributed by atoms with E-state index in [2.05, 4.69) is 10.5 Å². The van der Waals surface area contributed by atoms with Crippen molar-refractivity contribution in [2.24, 2.45) is 5.10 Å². The van der Waals surface area contributed by atoms with Crippen molar-refractivity contribution >= 4 is 28.9 Å². The molecule has 0 bridgehead atoms. The quantitative estimate of drug-likeness (QED) is 0.246. The number of furan rings is 1. The van der Waals surface area contributed by atoms with E-state index in [0.717, 1.165) is 16.3 Å². The van der Waals surface area contributed by atoms with Crippen LogP contribution < -0.4 is 10.2 Å². The number of amides is 1. The molecule has 0 radical (unpaired) electrons. The summed E-state index contributed by atoms with van der Waals surface area (Å²) in [6.45, 7) is 2.09. The Bertz CT molecular complexity index is 1320. The van der Waals surface area contributed by atoms with Crippen molar-refractivity contribution in [2.75, 3.05) is 13.7 Å². The average molecular weight is 442 g/mol. The first-order valence-corrected chi connectivity index (χ1v) is 10.4. The second kappa shape index (κ2) is 9.82. The van der Waals surface area contributed by atoms with Gasteiger partial charge in [0, 0.05) is 5.56 Å². The molecule has 1 amide bonds. The van der Waals surface area contributed by atoms with E-state index in [0.29, 0.717) is 35.0 Å². The first-order valence-electron chi connectivity index (χ1n) is 10.4. The van der Waals surface area contributed by atoms with Gasteiger partial charge in [-0.15, -0.1) is 0 Å². The van der Waals surface area contributed by atoms with Crippen molar-refractivity contribution in [1.29, 1.82) is 0 Å². The van der Waals surface area contributed by atoms with E-state index in [4.69, 9.17) is 13.9 Å². The Kier molecular flexibility index (Phi) is 6.50. The highest BCUT2D eigenvalue weighted by Gasteiger charge is 2.13. The number of hydrogen-bond acceptors (Lipinski definition) is 6. The number of carbonyl (C=O) groups is 2. The molecule has 0 aliphatic heterocycles. The van der Waals surface area contributed by atoms with E-state index >= 15 is 0 Å². The molecule has 7 heteroatoms. The van der Waals surface area contributed by atoms with Crippen LogP contribution in [0.4, 0.5) is 0 Å². The van der Waals surface area contributed by atoms with E-state index in [-0.39, 0.29) is 5.97 Å². The maximum Gasteiger partial charge on any atom is 0.338 e. The molecule has 1 N–H and O–H groups in total. The lowest BCUT2D eigenvalue weighted by Gasteiger charge is -2.09. The molecule has 1 aromatic heterocycles. The fraction of sp³-hybridized carbons (Fsp3) is 0.115. The lowest BCUT2D eigenvalue weighted by molar-refractivity contribution is 0.0526. The Labute approximate surface area is 190 Å². The number of hydrogen-bond donors (Lipinski definition) is 1. The van der Waals surface area contributed by atoms with E-state index < -0.39 is 5.91 Å². The zero-order chi connectivity index (χ0) is 23.2. The first kappa shape index (κ1) is 21.8. The first-order chi connectivity index (χ1) is 16.1. The number of benzene rings is 3. The van der Waals surface area contributed by atoms with Gasteiger partial charge >= 0.3 is 5.97 Å². The molecule has 3 aromatic carbocycles. The van der Waals surface area contributed by atoms with Gasteiger partial charge in [0.05, 0.1) is 31.1 Å². The van der Waals surface area contributed by atoms with Crippen LogP contribution in [0.15, 0.2) is 82.3 Å². The van der Waals surface area contributed by atoms with Crippen molar-refractivity contribution in [1.82, 2.24) is 5.43 Å². The molecule has 4 aromatic rings. The van der Waals surface area contributed by atoms with Gasteiger partial charge in [-0.2, -0.15) is 5.10 Å². The van der Waals surface area contributed by atoms with Gasteiger partial charge in [-0.1, -0.05) is 36.4 Å². The normalized spacial score (nSPS) is 11.0. The van der Waals surface area contributed by atoms with Crippen molar-refractivity contribution < 1.29 is 23.5 Å². The molecule has 1 heterocycles. The maximum absolute atomic E-state index is 12.6. The monoisotopic (exact) mass is 442 g/mol. The van der Waals surface area contributed by atoms with Crippen LogP contribution in [0.25, 0.3) is 22.1 Å². The third kappa shape index (κ3) is 4.93. The third-order valence-electron chi connectivity index (χ3n) is 4.98. The van der Waals surface area contributed by atoms with Gasteiger partial charge in [-0.3, -0.25) is 4.79 Å². The molecule has 0 aliphatic carbocycles. The van der Waals surface area contributed by atoms with Crippen LogP contribution in [0, 0.1) is 0 Å². The molecule has 0 spiro atoms. The number of methoxy groups -OCH3 is 1. The van der Waals surface area contributed by atoms with E-state index in [1.807, 2.05) is 30.3 Å².